The molecular weight excluding hydrogens is 154 g/mol. The van der Waals surface area contributed by atoms with E-state index in [2.05, 4.69) is 0 Å². The van der Waals surface area contributed by atoms with Crippen LogP contribution in [-0.2, 0) is 19.2 Å². The lowest BCUT2D eigenvalue weighted by molar-refractivity contribution is -0.107. The summed E-state index contributed by atoms with van der Waals surface area (Å²) >= 11 is 0. The summed E-state index contributed by atoms with van der Waals surface area (Å²) in [6.45, 7) is 0.376. The smallest absolute Gasteiger partial charge is 0.169 e. The van der Waals surface area contributed by atoms with Crippen molar-refractivity contribution in [3.63, 3.8) is 0 Å². The Bertz CT molecular complexity index is 199. The standard InChI is InChI=1S/C5H11NO3S/c1-8-5-4-10(6,7)3-2-9-5/h5-6H,2-4H2,1H3. The molecule has 0 aromatic carbocycles. The van der Waals surface area contributed by atoms with E-state index in [9.17, 15) is 4.21 Å². The Hall–Kier alpha value is -0.130. The molecule has 0 bridgehead atoms. The molecule has 4 nitrogen and oxygen atoms in total. The summed E-state index contributed by atoms with van der Waals surface area (Å²) in [5.41, 5.74) is 0. The van der Waals surface area contributed by atoms with Crippen LogP contribution in [0.15, 0.2) is 0 Å². The Morgan fingerprint density at radius 3 is 2.90 bits per heavy atom. The van der Waals surface area contributed by atoms with Gasteiger partial charge in [0.05, 0.1) is 27.8 Å². The van der Waals surface area contributed by atoms with Crippen molar-refractivity contribution < 1.29 is 13.7 Å². The molecular formula is C5H11NO3S. The van der Waals surface area contributed by atoms with Crippen molar-refractivity contribution in [2.45, 2.75) is 6.29 Å². The van der Waals surface area contributed by atoms with Gasteiger partial charge in [0.1, 0.15) is 0 Å². The van der Waals surface area contributed by atoms with Gasteiger partial charge in [-0.25, -0.2) is 4.21 Å². The molecule has 0 aromatic rings. The van der Waals surface area contributed by atoms with Gasteiger partial charge < -0.3 is 9.47 Å². The zero-order valence-corrected chi connectivity index (χ0v) is 6.65. The Morgan fingerprint density at radius 1 is 1.80 bits per heavy atom. The van der Waals surface area contributed by atoms with Crippen LogP contribution >= 0.6 is 0 Å². The highest BCUT2D eigenvalue weighted by Gasteiger charge is 2.21. The SMILES string of the molecule is COC1CS(=N)(=O)CCO1. The van der Waals surface area contributed by atoms with Crippen LogP contribution in [0.4, 0.5) is 0 Å². The molecule has 2 atom stereocenters. The Morgan fingerprint density at radius 2 is 2.50 bits per heavy atom. The van der Waals surface area contributed by atoms with Gasteiger partial charge in [0.15, 0.2) is 6.29 Å². The fourth-order valence-electron chi connectivity index (χ4n) is 0.802. The van der Waals surface area contributed by atoms with Crippen molar-refractivity contribution in [3.8, 4) is 0 Å². The van der Waals surface area contributed by atoms with E-state index >= 15 is 0 Å². The molecule has 2 unspecified atom stereocenters. The average molecular weight is 165 g/mol. The summed E-state index contributed by atoms with van der Waals surface area (Å²) in [6.07, 6.45) is -0.432. The first-order valence-corrected chi connectivity index (χ1v) is 4.92. The van der Waals surface area contributed by atoms with Gasteiger partial charge in [-0.2, -0.15) is 0 Å². The molecule has 0 spiro atoms. The molecule has 0 aliphatic carbocycles. The number of ether oxygens (including phenoxy) is 2. The van der Waals surface area contributed by atoms with Crippen molar-refractivity contribution in [2.24, 2.45) is 0 Å². The van der Waals surface area contributed by atoms with Gasteiger partial charge in [0.2, 0.25) is 0 Å². The first kappa shape index (κ1) is 7.97. The highest BCUT2D eigenvalue weighted by atomic mass is 32.2. The molecule has 1 aliphatic heterocycles. The predicted molar refractivity (Wildman–Crippen MR) is 37.3 cm³/mol. The third-order valence-electron chi connectivity index (χ3n) is 1.39. The molecule has 0 amide bonds. The minimum Gasteiger partial charge on any atom is -0.355 e. The summed E-state index contributed by atoms with van der Waals surface area (Å²) in [5.74, 6) is 0.552. The number of nitrogens with one attached hydrogen (secondary N) is 1. The number of methoxy groups -OCH3 is 1. The van der Waals surface area contributed by atoms with Crippen LogP contribution in [0.25, 0.3) is 0 Å². The third kappa shape index (κ3) is 1.93. The van der Waals surface area contributed by atoms with Crippen LogP contribution in [0.3, 0.4) is 0 Å². The molecule has 1 N–H and O–H groups in total. The molecule has 5 heteroatoms. The Kier molecular flexibility index (Phi) is 2.28. The van der Waals surface area contributed by atoms with Crippen molar-refractivity contribution in [1.29, 1.82) is 4.78 Å². The third-order valence-corrected chi connectivity index (χ3v) is 3.02. The topological polar surface area (TPSA) is 59.4 Å². The van der Waals surface area contributed by atoms with Gasteiger partial charge in [-0.15, -0.1) is 0 Å². The predicted octanol–water partition coefficient (Wildman–Crippen LogP) is 0.0359. The molecule has 0 saturated carbocycles. The highest BCUT2D eigenvalue weighted by Crippen LogP contribution is 2.07. The van der Waals surface area contributed by atoms with Crippen molar-refractivity contribution in [2.75, 3.05) is 25.2 Å². The van der Waals surface area contributed by atoms with Crippen molar-refractivity contribution in [3.05, 3.63) is 0 Å². The number of hydrogen-bond acceptors (Lipinski definition) is 4. The second kappa shape index (κ2) is 2.86. The van der Waals surface area contributed by atoms with Crippen LogP contribution in [0.2, 0.25) is 0 Å². The molecule has 1 rings (SSSR count). The Balaban J connectivity index is 2.56. The maximum Gasteiger partial charge on any atom is 0.169 e. The van der Waals surface area contributed by atoms with Crippen LogP contribution in [0.5, 0.6) is 0 Å². The average Bonchev–Trinajstić information content (AvgIpc) is 1.86. The molecule has 1 heterocycles. The second-order valence-corrected chi connectivity index (χ2v) is 4.58. The first-order valence-electron chi connectivity index (χ1n) is 3.02. The van der Waals surface area contributed by atoms with E-state index in [1.807, 2.05) is 0 Å². The zero-order chi connectivity index (χ0) is 7.61. The normalized spacial score (nSPS) is 41.5. The van der Waals surface area contributed by atoms with Gasteiger partial charge in [-0.3, -0.25) is 4.78 Å². The van der Waals surface area contributed by atoms with Gasteiger partial charge in [-0.05, 0) is 0 Å². The number of rotatable bonds is 1. The monoisotopic (exact) mass is 165 g/mol. The molecule has 10 heavy (non-hydrogen) atoms. The number of hydrogen-bond donors (Lipinski definition) is 1. The van der Waals surface area contributed by atoms with Gasteiger partial charge in [-0.1, -0.05) is 0 Å². The van der Waals surface area contributed by atoms with E-state index in [1.54, 1.807) is 0 Å². The van der Waals surface area contributed by atoms with E-state index < -0.39 is 16.0 Å². The highest BCUT2D eigenvalue weighted by molar-refractivity contribution is 7.92. The summed E-state index contributed by atoms with van der Waals surface area (Å²) in [5, 5.41) is 0. The largest absolute Gasteiger partial charge is 0.355 e. The van der Waals surface area contributed by atoms with Gasteiger partial charge in [0, 0.05) is 7.11 Å². The fraction of sp³-hybridized carbons (Fsp3) is 1.00. The van der Waals surface area contributed by atoms with E-state index in [4.69, 9.17) is 14.3 Å². The zero-order valence-electron chi connectivity index (χ0n) is 5.83. The van der Waals surface area contributed by atoms with Crippen LogP contribution in [0.1, 0.15) is 0 Å². The van der Waals surface area contributed by atoms with Crippen LogP contribution in [0, 0.1) is 4.78 Å². The molecule has 0 aromatic heterocycles. The molecule has 1 fully saturated rings. The lowest BCUT2D eigenvalue weighted by Crippen LogP contribution is -2.34. The maximum absolute atomic E-state index is 11.1. The maximum atomic E-state index is 11.1. The molecule has 1 saturated heterocycles. The molecule has 0 radical (unpaired) electrons. The molecule has 60 valence electrons. The first-order chi connectivity index (χ1) is 4.64. The Labute approximate surface area is 60.5 Å². The van der Waals surface area contributed by atoms with Crippen LogP contribution in [-0.4, -0.2) is 35.7 Å². The van der Waals surface area contributed by atoms with E-state index in [-0.39, 0.29) is 5.75 Å². The summed E-state index contributed by atoms with van der Waals surface area (Å²) in [7, 11) is -0.902. The van der Waals surface area contributed by atoms with E-state index in [0.29, 0.717) is 12.4 Å². The van der Waals surface area contributed by atoms with Gasteiger partial charge in [0.25, 0.3) is 0 Å². The molecule has 1 aliphatic rings. The van der Waals surface area contributed by atoms with Crippen molar-refractivity contribution in [1.82, 2.24) is 0 Å². The fourth-order valence-corrected chi connectivity index (χ4v) is 2.01. The van der Waals surface area contributed by atoms with Crippen molar-refractivity contribution >= 4 is 9.73 Å². The van der Waals surface area contributed by atoms with Crippen LogP contribution < -0.4 is 0 Å². The quantitative estimate of drug-likeness (QED) is 0.596. The lowest BCUT2D eigenvalue weighted by Gasteiger charge is -2.22. The lowest BCUT2D eigenvalue weighted by atomic mass is 10.7. The summed E-state index contributed by atoms with van der Waals surface area (Å²) in [4.78, 5) is 0. The summed E-state index contributed by atoms with van der Waals surface area (Å²) < 4.78 is 28.2. The second-order valence-electron chi connectivity index (χ2n) is 2.22. The van der Waals surface area contributed by atoms with E-state index in [0.717, 1.165) is 0 Å². The van der Waals surface area contributed by atoms with Gasteiger partial charge >= 0.3 is 0 Å². The minimum atomic E-state index is -2.39. The summed E-state index contributed by atoms with van der Waals surface area (Å²) in [6, 6.07) is 0. The minimum absolute atomic E-state index is 0.212. The van der Waals surface area contributed by atoms with E-state index in [1.165, 1.54) is 7.11 Å².